The normalized spacial score (nSPS) is 37.9. The smallest absolute Gasteiger partial charge is 0.331 e. The van der Waals surface area contributed by atoms with Crippen LogP contribution in [0.1, 0.15) is 25.7 Å². The first-order chi connectivity index (χ1) is 7.16. The molecule has 0 spiro atoms. The molecule has 0 heterocycles. The van der Waals surface area contributed by atoms with Gasteiger partial charge in [0.15, 0.2) is 0 Å². The predicted molar refractivity (Wildman–Crippen MR) is 54.2 cm³/mol. The van der Waals surface area contributed by atoms with Gasteiger partial charge >= 0.3 is 5.97 Å². The van der Waals surface area contributed by atoms with Gasteiger partial charge in [-0.15, -0.1) is 0 Å². The summed E-state index contributed by atoms with van der Waals surface area (Å²) in [5.41, 5.74) is 3.20. The molecule has 3 aliphatic rings. The minimum atomic E-state index is -0.787. The molecule has 1 fully saturated rings. The van der Waals surface area contributed by atoms with Crippen molar-refractivity contribution in [2.45, 2.75) is 31.8 Å². The van der Waals surface area contributed by atoms with Crippen molar-refractivity contribution in [3.05, 3.63) is 22.8 Å². The van der Waals surface area contributed by atoms with Crippen LogP contribution in [0.4, 0.5) is 0 Å². The van der Waals surface area contributed by atoms with Crippen LogP contribution in [0.5, 0.6) is 0 Å². The largest absolute Gasteiger partial charge is 0.478 e. The van der Waals surface area contributed by atoms with Crippen molar-refractivity contribution in [2.24, 2.45) is 11.8 Å². The molecule has 0 aliphatic heterocycles. The van der Waals surface area contributed by atoms with Crippen LogP contribution >= 0.6 is 0 Å². The molecular weight excluding hydrogens is 192 g/mol. The summed E-state index contributed by atoms with van der Waals surface area (Å²) in [5.74, 6) is 0.00418. The van der Waals surface area contributed by atoms with Crippen molar-refractivity contribution in [1.82, 2.24) is 0 Å². The predicted octanol–water partition coefficient (Wildman–Crippen LogP) is 1.49. The maximum absolute atomic E-state index is 10.9. The lowest BCUT2D eigenvalue weighted by Gasteiger charge is -2.26. The highest BCUT2D eigenvalue weighted by molar-refractivity contribution is 5.87. The van der Waals surface area contributed by atoms with E-state index in [0.717, 1.165) is 19.3 Å². The van der Waals surface area contributed by atoms with E-state index in [9.17, 15) is 9.90 Å². The Morgan fingerprint density at radius 1 is 1.33 bits per heavy atom. The van der Waals surface area contributed by atoms with Gasteiger partial charge in [0, 0.05) is 17.9 Å². The Morgan fingerprint density at radius 3 is 2.87 bits per heavy atom. The number of rotatable bonds is 1. The fourth-order valence-electron chi connectivity index (χ4n) is 3.39. The first-order valence-corrected chi connectivity index (χ1v) is 5.49. The second-order valence-electron chi connectivity index (χ2n) is 4.81. The summed E-state index contributed by atoms with van der Waals surface area (Å²) < 4.78 is 0. The van der Waals surface area contributed by atoms with Crippen molar-refractivity contribution in [2.75, 3.05) is 0 Å². The monoisotopic (exact) mass is 206 g/mol. The third-order valence-electron chi connectivity index (χ3n) is 4.11. The maximum Gasteiger partial charge on any atom is 0.331 e. The van der Waals surface area contributed by atoms with Crippen LogP contribution in [-0.4, -0.2) is 22.3 Å². The maximum atomic E-state index is 10.9. The standard InChI is InChI=1S/C12H14O3/c13-11-5-7-4-10(11)8-2-1-6(12(14)15)3-9(7)8/h1,7,10-11,13H,2-5H2,(H,14,15)/t7-,10-,11-/m0/s1. The van der Waals surface area contributed by atoms with Crippen molar-refractivity contribution >= 4 is 5.97 Å². The summed E-state index contributed by atoms with van der Waals surface area (Å²) >= 11 is 0. The van der Waals surface area contributed by atoms with Crippen LogP contribution in [0, 0.1) is 11.8 Å². The molecule has 80 valence electrons. The van der Waals surface area contributed by atoms with E-state index in [4.69, 9.17) is 5.11 Å². The SMILES string of the molecule is O=C(O)C1=CCC2=C(C1)[C@@H]1C[C@H](O)[C@H]2C1. The molecule has 0 saturated heterocycles. The highest BCUT2D eigenvalue weighted by atomic mass is 16.4. The van der Waals surface area contributed by atoms with Crippen molar-refractivity contribution in [3.63, 3.8) is 0 Å². The minimum Gasteiger partial charge on any atom is -0.478 e. The van der Waals surface area contributed by atoms with Gasteiger partial charge in [-0.2, -0.15) is 0 Å². The number of allylic oxidation sites excluding steroid dienone is 2. The van der Waals surface area contributed by atoms with E-state index in [0.29, 0.717) is 23.8 Å². The first-order valence-electron chi connectivity index (χ1n) is 5.49. The van der Waals surface area contributed by atoms with Crippen LogP contribution in [0.15, 0.2) is 22.8 Å². The Bertz CT molecular complexity index is 392. The zero-order valence-electron chi connectivity index (χ0n) is 8.44. The topological polar surface area (TPSA) is 57.5 Å². The van der Waals surface area contributed by atoms with E-state index in [1.54, 1.807) is 0 Å². The zero-order chi connectivity index (χ0) is 10.6. The van der Waals surface area contributed by atoms with Crippen molar-refractivity contribution in [1.29, 1.82) is 0 Å². The highest BCUT2D eigenvalue weighted by Gasteiger charge is 2.45. The Morgan fingerprint density at radius 2 is 2.13 bits per heavy atom. The van der Waals surface area contributed by atoms with Gasteiger partial charge in [-0.3, -0.25) is 0 Å². The molecule has 15 heavy (non-hydrogen) atoms. The molecule has 2 N–H and O–H groups in total. The molecule has 0 amide bonds. The molecule has 1 saturated carbocycles. The fraction of sp³-hybridized carbons (Fsp3) is 0.583. The van der Waals surface area contributed by atoms with Crippen LogP contribution in [0.25, 0.3) is 0 Å². The van der Waals surface area contributed by atoms with Gasteiger partial charge in [-0.25, -0.2) is 4.79 Å². The van der Waals surface area contributed by atoms with Gasteiger partial charge in [0.05, 0.1) is 6.10 Å². The van der Waals surface area contributed by atoms with E-state index < -0.39 is 5.97 Å². The average Bonchev–Trinajstić information content (AvgIpc) is 2.74. The average molecular weight is 206 g/mol. The Labute approximate surface area is 88.1 Å². The van der Waals surface area contributed by atoms with E-state index in [1.165, 1.54) is 11.1 Å². The number of fused-ring (bicyclic) bond motifs is 4. The van der Waals surface area contributed by atoms with Crippen molar-refractivity contribution in [3.8, 4) is 0 Å². The Balaban J connectivity index is 1.89. The lowest BCUT2D eigenvalue weighted by molar-refractivity contribution is -0.132. The van der Waals surface area contributed by atoms with Crippen LogP contribution < -0.4 is 0 Å². The minimum absolute atomic E-state index is 0.173. The van der Waals surface area contributed by atoms with Gasteiger partial charge in [0.1, 0.15) is 0 Å². The third kappa shape index (κ3) is 1.19. The Kier molecular flexibility index (Phi) is 1.80. The number of hydrogen-bond acceptors (Lipinski definition) is 2. The van der Waals surface area contributed by atoms with Crippen LogP contribution in [0.3, 0.4) is 0 Å². The quantitative estimate of drug-likeness (QED) is 0.639. The number of hydrogen-bond donors (Lipinski definition) is 2. The molecule has 2 bridgehead atoms. The molecule has 3 heteroatoms. The van der Waals surface area contributed by atoms with E-state index in [-0.39, 0.29) is 6.10 Å². The van der Waals surface area contributed by atoms with E-state index in [1.807, 2.05) is 6.08 Å². The van der Waals surface area contributed by atoms with Crippen LogP contribution in [-0.2, 0) is 4.79 Å². The molecule has 3 atom stereocenters. The van der Waals surface area contributed by atoms with Crippen molar-refractivity contribution < 1.29 is 15.0 Å². The second kappa shape index (κ2) is 2.95. The van der Waals surface area contributed by atoms with Gasteiger partial charge < -0.3 is 10.2 Å². The zero-order valence-corrected chi connectivity index (χ0v) is 8.44. The Hall–Kier alpha value is -1.09. The van der Waals surface area contributed by atoms with Gasteiger partial charge in [-0.05, 0) is 25.2 Å². The summed E-state index contributed by atoms with van der Waals surface area (Å²) in [6, 6.07) is 0. The number of carbonyl (C=O) groups is 1. The summed E-state index contributed by atoms with van der Waals surface area (Å²) in [6.45, 7) is 0. The fourth-order valence-corrected chi connectivity index (χ4v) is 3.39. The summed E-state index contributed by atoms with van der Waals surface area (Å²) in [4.78, 5) is 10.9. The van der Waals surface area contributed by atoms with Crippen LogP contribution in [0.2, 0.25) is 0 Å². The van der Waals surface area contributed by atoms with Gasteiger partial charge in [0.2, 0.25) is 0 Å². The van der Waals surface area contributed by atoms with E-state index in [2.05, 4.69) is 0 Å². The molecule has 0 radical (unpaired) electrons. The second-order valence-corrected chi connectivity index (χ2v) is 4.81. The highest BCUT2D eigenvalue weighted by Crippen LogP contribution is 2.53. The molecular formula is C12H14O3. The summed E-state index contributed by atoms with van der Waals surface area (Å²) in [5, 5.41) is 18.7. The molecule has 0 aromatic rings. The van der Waals surface area contributed by atoms with E-state index >= 15 is 0 Å². The molecule has 0 aromatic heterocycles. The molecule has 0 aromatic carbocycles. The number of carboxylic acid groups (broad SMARTS) is 1. The molecule has 3 nitrogen and oxygen atoms in total. The van der Waals surface area contributed by atoms with Gasteiger partial charge in [-0.1, -0.05) is 17.2 Å². The summed E-state index contributed by atoms with van der Waals surface area (Å²) in [6.07, 6.45) is 4.89. The number of aliphatic carboxylic acids is 1. The molecule has 3 rings (SSSR count). The number of aliphatic hydroxyl groups is 1. The lowest BCUT2D eigenvalue weighted by Crippen LogP contribution is -2.21. The lowest BCUT2D eigenvalue weighted by atomic mass is 9.81. The van der Waals surface area contributed by atoms with Gasteiger partial charge in [0.25, 0.3) is 0 Å². The number of aliphatic hydroxyl groups excluding tert-OH is 1. The molecule has 0 unspecified atom stereocenters. The summed E-state index contributed by atoms with van der Waals surface area (Å²) in [7, 11) is 0. The first kappa shape index (κ1) is 9.16. The molecule has 3 aliphatic carbocycles. The third-order valence-corrected chi connectivity index (χ3v) is 4.11. The number of carboxylic acids is 1.